The van der Waals surface area contributed by atoms with Crippen LogP contribution in [0, 0.1) is 5.92 Å². The van der Waals surface area contributed by atoms with Crippen molar-refractivity contribution in [1.82, 2.24) is 4.98 Å². The van der Waals surface area contributed by atoms with Crippen LogP contribution in [-0.4, -0.2) is 18.1 Å². The van der Waals surface area contributed by atoms with Gasteiger partial charge >= 0.3 is 5.97 Å². The molecule has 1 aromatic heterocycles. The van der Waals surface area contributed by atoms with Crippen LogP contribution in [0.1, 0.15) is 17.0 Å². The molecule has 2 rings (SSSR count). The lowest BCUT2D eigenvalue weighted by atomic mass is 9.91. The molecule has 1 aromatic rings. The van der Waals surface area contributed by atoms with Gasteiger partial charge in [0.15, 0.2) is 0 Å². The maximum atomic E-state index is 11.3. The Morgan fingerprint density at radius 1 is 1.71 bits per heavy atom. The monoisotopic (exact) mass is 229 g/mol. The summed E-state index contributed by atoms with van der Waals surface area (Å²) in [5.41, 5.74) is 1.11. The summed E-state index contributed by atoms with van der Waals surface area (Å²) in [6.07, 6.45) is 2.48. The first-order chi connectivity index (χ1) is 6.70. The fourth-order valence-corrected chi connectivity index (χ4v) is 3.11. The van der Waals surface area contributed by atoms with E-state index in [-0.39, 0.29) is 11.9 Å². The maximum absolute atomic E-state index is 11.3. The standard InChI is InChI=1S/C9H11NO2S2/c1-12-8(11)5-2-3-6-7(4-5)14-9(13)10-6/h5H,2-4H2,1H3,(H,10,13). The predicted molar refractivity (Wildman–Crippen MR) is 56.9 cm³/mol. The van der Waals surface area contributed by atoms with Crippen molar-refractivity contribution in [2.24, 2.45) is 5.92 Å². The lowest BCUT2D eigenvalue weighted by Crippen LogP contribution is -2.22. The molecule has 0 saturated carbocycles. The first-order valence-corrected chi connectivity index (χ1v) is 5.72. The summed E-state index contributed by atoms with van der Waals surface area (Å²) in [7, 11) is 1.44. The van der Waals surface area contributed by atoms with Gasteiger partial charge in [0.05, 0.1) is 18.7 Å². The smallest absolute Gasteiger partial charge is 0.309 e. The summed E-state index contributed by atoms with van der Waals surface area (Å²) in [6.45, 7) is 0. The zero-order valence-electron chi connectivity index (χ0n) is 7.82. The normalized spacial score (nSPS) is 20.3. The molecule has 0 fully saturated rings. The van der Waals surface area contributed by atoms with Crippen LogP contribution in [0.3, 0.4) is 0 Å². The number of hydrogen-bond donors (Lipinski definition) is 1. The minimum atomic E-state index is -0.107. The third-order valence-corrected chi connectivity index (χ3v) is 3.76. The molecule has 3 nitrogen and oxygen atoms in total. The fraction of sp³-hybridized carbons (Fsp3) is 0.556. The second-order valence-electron chi connectivity index (χ2n) is 3.33. The number of nitrogens with zero attached hydrogens (tertiary/aromatic N) is 1. The molecule has 76 valence electrons. The number of hydrogen-bond acceptors (Lipinski definition) is 5. The summed E-state index contributed by atoms with van der Waals surface area (Å²) in [5.74, 6) is -0.0922. The number of carbonyl (C=O) groups is 1. The second-order valence-corrected chi connectivity index (χ2v) is 5.14. The molecule has 0 radical (unpaired) electrons. The highest BCUT2D eigenvalue weighted by Crippen LogP contribution is 2.31. The van der Waals surface area contributed by atoms with Crippen molar-refractivity contribution < 1.29 is 9.53 Å². The lowest BCUT2D eigenvalue weighted by Gasteiger charge is -2.18. The van der Waals surface area contributed by atoms with E-state index in [0.717, 1.165) is 29.3 Å². The van der Waals surface area contributed by atoms with Gasteiger partial charge in [-0.2, -0.15) is 0 Å². The molecule has 14 heavy (non-hydrogen) atoms. The number of thiazole rings is 1. The summed E-state index contributed by atoms with van der Waals surface area (Å²) >= 11 is 5.77. The molecular weight excluding hydrogens is 218 g/mol. The number of esters is 1. The SMILES string of the molecule is COC(=O)C1CCc2nc(S)sc2C1. The Kier molecular flexibility index (Phi) is 2.78. The molecule has 0 amide bonds. The average Bonchev–Trinajstić information content (AvgIpc) is 2.55. The molecule has 0 spiro atoms. The van der Waals surface area contributed by atoms with Crippen molar-refractivity contribution in [3.63, 3.8) is 0 Å². The van der Waals surface area contributed by atoms with Gasteiger partial charge in [-0.1, -0.05) is 0 Å². The van der Waals surface area contributed by atoms with E-state index in [4.69, 9.17) is 4.74 Å². The van der Waals surface area contributed by atoms with Crippen molar-refractivity contribution >= 4 is 29.9 Å². The summed E-state index contributed by atoms with van der Waals surface area (Å²) < 4.78 is 5.53. The predicted octanol–water partition coefficient (Wildman–Crippen LogP) is 1.71. The van der Waals surface area contributed by atoms with Crippen LogP contribution in [0.25, 0.3) is 0 Å². The van der Waals surface area contributed by atoms with Crippen molar-refractivity contribution in [3.8, 4) is 0 Å². The minimum Gasteiger partial charge on any atom is -0.469 e. The Morgan fingerprint density at radius 2 is 2.50 bits per heavy atom. The second kappa shape index (κ2) is 3.90. The van der Waals surface area contributed by atoms with Crippen LogP contribution in [0.15, 0.2) is 4.34 Å². The number of ether oxygens (including phenoxy) is 1. The third kappa shape index (κ3) is 1.79. The Bertz CT molecular complexity index is 362. The van der Waals surface area contributed by atoms with Crippen LogP contribution >= 0.6 is 24.0 Å². The highest BCUT2D eigenvalue weighted by atomic mass is 32.2. The number of methoxy groups -OCH3 is 1. The van der Waals surface area contributed by atoms with Crippen LogP contribution in [0.2, 0.25) is 0 Å². The van der Waals surface area contributed by atoms with Gasteiger partial charge < -0.3 is 4.74 Å². The van der Waals surface area contributed by atoms with Gasteiger partial charge in [0, 0.05) is 4.88 Å². The molecule has 1 heterocycles. The molecule has 5 heteroatoms. The number of thiol groups is 1. The van der Waals surface area contributed by atoms with Gasteiger partial charge in [0.1, 0.15) is 4.34 Å². The van der Waals surface area contributed by atoms with E-state index in [2.05, 4.69) is 17.6 Å². The summed E-state index contributed by atoms with van der Waals surface area (Å²) in [5, 5.41) is 0. The largest absolute Gasteiger partial charge is 0.469 e. The number of aryl methyl sites for hydroxylation is 1. The van der Waals surface area contributed by atoms with E-state index in [1.54, 1.807) is 11.3 Å². The Morgan fingerprint density at radius 3 is 3.21 bits per heavy atom. The van der Waals surface area contributed by atoms with Gasteiger partial charge in [-0.05, 0) is 19.3 Å². The maximum Gasteiger partial charge on any atom is 0.309 e. The summed E-state index contributed by atoms with van der Waals surface area (Å²) in [4.78, 5) is 16.8. The molecule has 1 aliphatic carbocycles. The Labute approximate surface area is 91.9 Å². The Hall–Kier alpha value is -0.550. The highest BCUT2D eigenvalue weighted by molar-refractivity contribution is 7.82. The van der Waals surface area contributed by atoms with E-state index in [9.17, 15) is 4.79 Å². The number of fused-ring (bicyclic) bond motifs is 1. The molecular formula is C9H11NO2S2. The van der Waals surface area contributed by atoms with Crippen molar-refractivity contribution in [2.45, 2.75) is 23.6 Å². The minimum absolute atomic E-state index is 0.0145. The lowest BCUT2D eigenvalue weighted by molar-refractivity contribution is -0.145. The molecule has 0 aliphatic heterocycles. The molecule has 0 saturated heterocycles. The third-order valence-electron chi connectivity index (χ3n) is 2.46. The number of rotatable bonds is 1. The van der Waals surface area contributed by atoms with Crippen LogP contribution < -0.4 is 0 Å². The Balaban J connectivity index is 2.16. The molecule has 1 unspecified atom stereocenters. The zero-order chi connectivity index (χ0) is 10.1. The van der Waals surface area contributed by atoms with E-state index in [0.29, 0.717) is 0 Å². The summed E-state index contributed by atoms with van der Waals surface area (Å²) in [6, 6.07) is 0. The van der Waals surface area contributed by atoms with Crippen LogP contribution in [0.5, 0.6) is 0 Å². The van der Waals surface area contributed by atoms with Gasteiger partial charge in [0.25, 0.3) is 0 Å². The quantitative estimate of drug-likeness (QED) is 0.588. The first-order valence-electron chi connectivity index (χ1n) is 4.46. The van der Waals surface area contributed by atoms with E-state index < -0.39 is 0 Å². The average molecular weight is 229 g/mol. The van der Waals surface area contributed by atoms with Gasteiger partial charge in [-0.15, -0.1) is 24.0 Å². The van der Waals surface area contributed by atoms with Gasteiger partial charge in [-0.3, -0.25) is 4.79 Å². The molecule has 0 bridgehead atoms. The highest BCUT2D eigenvalue weighted by Gasteiger charge is 2.27. The van der Waals surface area contributed by atoms with Crippen molar-refractivity contribution in [3.05, 3.63) is 10.6 Å². The van der Waals surface area contributed by atoms with Crippen LogP contribution in [-0.2, 0) is 22.4 Å². The van der Waals surface area contributed by atoms with E-state index >= 15 is 0 Å². The van der Waals surface area contributed by atoms with Crippen molar-refractivity contribution in [2.75, 3.05) is 7.11 Å². The van der Waals surface area contributed by atoms with Crippen molar-refractivity contribution in [1.29, 1.82) is 0 Å². The fourth-order valence-electron chi connectivity index (χ4n) is 1.73. The first kappa shape index (κ1) is 9.98. The topological polar surface area (TPSA) is 39.2 Å². The molecule has 0 N–H and O–H groups in total. The number of carbonyl (C=O) groups excluding carboxylic acids is 1. The van der Waals surface area contributed by atoms with Gasteiger partial charge in [-0.25, -0.2) is 4.98 Å². The zero-order valence-corrected chi connectivity index (χ0v) is 9.53. The van der Waals surface area contributed by atoms with Crippen LogP contribution in [0.4, 0.5) is 0 Å². The molecule has 0 aromatic carbocycles. The molecule has 1 aliphatic rings. The van der Waals surface area contributed by atoms with Gasteiger partial charge in [0.2, 0.25) is 0 Å². The van der Waals surface area contributed by atoms with E-state index in [1.807, 2.05) is 0 Å². The molecule has 1 atom stereocenters. The number of aromatic nitrogens is 1. The van der Waals surface area contributed by atoms with E-state index in [1.165, 1.54) is 12.0 Å².